The highest BCUT2D eigenvalue weighted by Crippen LogP contribution is 2.61. The first-order chi connectivity index (χ1) is 69.6. The van der Waals surface area contributed by atoms with E-state index in [-0.39, 0.29) is 49.2 Å². The van der Waals surface area contributed by atoms with Gasteiger partial charge in [0.1, 0.15) is 0 Å². The quantitative estimate of drug-likeness (QED) is 0.101. The van der Waals surface area contributed by atoms with E-state index < -0.39 is 0 Å². The van der Waals surface area contributed by atoms with E-state index >= 15 is 0 Å². The van der Waals surface area contributed by atoms with E-state index in [1.165, 1.54) is 261 Å². The number of benzene rings is 16. The Morgan fingerprint density at radius 1 is 0.185 bits per heavy atom. The molecule has 0 aliphatic heterocycles. The summed E-state index contributed by atoms with van der Waals surface area (Å²) in [6.45, 7) is 54.2. The second kappa shape index (κ2) is 38.8. The van der Waals surface area contributed by atoms with Gasteiger partial charge >= 0.3 is 0 Å². The van der Waals surface area contributed by atoms with Crippen molar-refractivity contribution in [3.8, 4) is 89.0 Å². The van der Waals surface area contributed by atoms with E-state index in [0.29, 0.717) is 17.8 Å². The van der Waals surface area contributed by atoms with Crippen LogP contribution in [-0.4, -0.2) is 22.2 Å². The molecular formula is C142H154N4. The Morgan fingerprint density at radius 3 is 0.616 bits per heavy atom. The van der Waals surface area contributed by atoms with Crippen LogP contribution in [0.25, 0.3) is 89.0 Å². The maximum atomic E-state index is 2.61. The molecule has 0 aromatic heterocycles. The van der Waals surface area contributed by atoms with Crippen molar-refractivity contribution in [3.63, 3.8) is 0 Å². The van der Waals surface area contributed by atoms with Crippen molar-refractivity contribution in [2.24, 2.45) is 0 Å². The Hall–Kier alpha value is -13.3. The lowest BCUT2D eigenvalue weighted by Gasteiger charge is -2.41. The van der Waals surface area contributed by atoms with Crippen molar-refractivity contribution in [1.29, 1.82) is 0 Å². The van der Waals surface area contributed by atoms with Crippen molar-refractivity contribution in [2.45, 2.75) is 297 Å². The monoisotopic (exact) mass is 1920 g/mol. The van der Waals surface area contributed by atoms with Gasteiger partial charge in [0.2, 0.25) is 0 Å². The molecule has 3 saturated carbocycles. The van der Waals surface area contributed by atoms with Gasteiger partial charge < -0.3 is 19.6 Å². The molecule has 3 fully saturated rings. The second-order valence-corrected chi connectivity index (χ2v) is 50.0. The second-order valence-electron chi connectivity index (χ2n) is 50.0. The smallest absolute Gasteiger partial charge is 0.0460 e. The Morgan fingerprint density at radius 2 is 0.384 bits per heavy atom. The Bertz CT molecular complexity index is 7410. The average Bonchev–Trinajstić information content (AvgIpc) is 1.56. The van der Waals surface area contributed by atoms with Gasteiger partial charge in [-0.3, -0.25) is 0 Å². The van der Waals surface area contributed by atoms with E-state index in [1.807, 2.05) is 0 Å². The number of hydrogen-bond acceptors (Lipinski definition) is 4. The third kappa shape index (κ3) is 19.2. The zero-order chi connectivity index (χ0) is 103. The number of hydrogen-bond donors (Lipinski definition) is 0. The molecule has 16 aromatic carbocycles. The maximum absolute atomic E-state index is 2.61. The molecule has 4 heteroatoms. The van der Waals surface area contributed by atoms with Crippen molar-refractivity contribution in [3.05, 3.63) is 431 Å². The van der Waals surface area contributed by atoms with Gasteiger partial charge in [-0.05, 0) is 373 Å². The lowest BCUT2D eigenvalue weighted by atomic mass is 9.77. The fraction of sp³-hybridized carbons (Fsp3) is 0.324. The first-order valence-corrected chi connectivity index (χ1v) is 54.6. The minimum Gasteiger partial charge on any atom is -0.336 e. The standard InChI is InChI=1S/C37H41N.C36H39N.C35H39N.C34H35N/c1-36(2,3)38(29-22-20-27(21-23-29)26-14-8-6-9-15-26)35-25-32-30-18-12-13-19-33(30)37(4,5)34(32)24-31(35)28-16-10-7-11-17-28;1-35(2,3)37(28-21-19-26(20-22-28)25-13-7-6-8-14-25)34-24-31-29-17-11-12-18-32(29)36(4,5)33(31)23-30(34)27-15-9-10-16-27;1-33(2,3)31-23-30-28(27-16-12-13-17-29(27)35(30,7)8)22-32(31)36(34(4,5)6)26-20-18-25(19-21-26)24-14-10-9-11-15-24;1-33(2,3)35(26-19-17-24(18-20-26)23-11-7-6-8-12-23)32-22-29-27-13-9-10-14-30(27)34(4,5)31(29)21-28(32)25-15-16-25/h6,8-9,12-15,18-25,28H,7,10-11,16-17H2,1-5H3;6-8,11-14,17-24,27H,9-10,15-16H2,1-5H3;9-23H,1-8H3;6-14,17-22,25H,15-16H2,1-5H3. The van der Waals surface area contributed by atoms with Crippen LogP contribution in [0.3, 0.4) is 0 Å². The van der Waals surface area contributed by atoms with Gasteiger partial charge in [0, 0.05) is 89.3 Å². The van der Waals surface area contributed by atoms with Crippen LogP contribution in [0.5, 0.6) is 0 Å². The number of nitrogens with zero attached hydrogens (tertiary/aromatic N) is 4. The minimum atomic E-state index is -0.101. The summed E-state index contributed by atoms with van der Waals surface area (Å²) in [7, 11) is 0. The van der Waals surface area contributed by atoms with E-state index in [2.05, 4.69) is 543 Å². The van der Waals surface area contributed by atoms with Crippen LogP contribution in [-0.2, 0) is 27.1 Å². The van der Waals surface area contributed by atoms with Crippen LogP contribution in [0.4, 0.5) is 45.5 Å². The fourth-order valence-electron chi connectivity index (χ4n) is 25.7. The third-order valence-electron chi connectivity index (χ3n) is 33.1. The summed E-state index contributed by atoms with van der Waals surface area (Å²) in [5.41, 5.74) is 49.2. The van der Waals surface area contributed by atoms with Crippen molar-refractivity contribution in [1.82, 2.24) is 0 Å². The molecule has 0 saturated heterocycles. The van der Waals surface area contributed by atoms with Gasteiger partial charge in [0.25, 0.3) is 0 Å². The maximum Gasteiger partial charge on any atom is 0.0460 e. The average molecular weight is 1920 g/mol. The molecule has 0 radical (unpaired) electrons. The van der Waals surface area contributed by atoms with Crippen LogP contribution in [0.15, 0.2) is 364 Å². The molecule has 23 rings (SSSR count). The van der Waals surface area contributed by atoms with Gasteiger partial charge in [-0.2, -0.15) is 0 Å². The summed E-state index contributed by atoms with van der Waals surface area (Å²) >= 11 is 0. The van der Waals surface area contributed by atoms with Gasteiger partial charge in [-0.1, -0.05) is 399 Å². The van der Waals surface area contributed by atoms with Crippen LogP contribution in [0.1, 0.15) is 314 Å². The zero-order valence-electron chi connectivity index (χ0n) is 91.4. The van der Waals surface area contributed by atoms with Gasteiger partial charge in [-0.15, -0.1) is 0 Å². The lowest BCUT2D eigenvalue weighted by Crippen LogP contribution is -2.39. The Kier molecular flexibility index (Phi) is 26.6. The molecule has 742 valence electrons. The summed E-state index contributed by atoms with van der Waals surface area (Å²) < 4.78 is 0. The van der Waals surface area contributed by atoms with Crippen LogP contribution < -0.4 is 19.6 Å². The molecule has 0 unspecified atom stereocenters. The summed E-state index contributed by atoms with van der Waals surface area (Å²) in [6, 6.07) is 136. The number of fused-ring (bicyclic) bond motifs is 12. The predicted octanol–water partition coefficient (Wildman–Crippen LogP) is 40.3. The van der Waals surface area contributed by atoms with Crippen molar-refractivity contribution < 1.29 is 0 Å². The Balaban J connectivity index is 0.000000118. The minimum absolute atomic E-state index is 0.00268. The molecule has 0 amide bonds. The Labute approximate surface area is 875 Å². The van der Waals surface area contributed by atoms with E-state index in [4.69, 9.17) is 0 Å². The third-order valence-corrected chi connectivity index (χ3v) is 33.1. The molecule has 0 heterocycles. The van der Waals surface area contributed by atoms with E-state index in [1.54, 1.807) is 11.1 Å². The summed E-state index contributed by atoms with van der Waals surface area (Å²) in [5.74, 6) is 1.92. The topological polar surface area (TPSA) is 13.0 Å². The molecule has 4 nitrogen and oxygen atoms in total. The molecule has 0 atom stereocenters. The van der Waals surface area contributed by atoms with E-state index in [9.17, 15) is 0 Å². The summed E-state index contributed by atoms with van der Waals surface area (Å²) in [4.78, 5) is 10.3. The largest absolute Gasteiger partial charge is 0.336 e. The summed E-state index contributed by atoms with van der Waals surface area (Å²) in [6.07, 6.45) is 14.5. The van der Waals surface area contributed by atoms with Crippen molar-refractivity contribution in [2.75, 3.05) is 19.6 Å². The molecule has 0 bridgehead atoms. The van der Waals surface area contributed by atoms with Gasteiger partial charge in [0.15, 0.2) is 0 Å². The normalized spacial score (nSPS) is 15.9. The number of rotatable bonds is 15. The molecule has 7 aliphatic rings. The predicted molar refractivity (Wildman–Crippen MR) is 629 cm³/mol. The fourth-order valence-corrected chi connectivity index (χ4v) is 25.7. The van der Waals surface area contributed by atoms with Crippen LogP contribution in [0.2, 0.25) is 0 Å². The summed E-state index contributed by atoms with van der Waals surface area (Å²) in [5, 5.41) is 0. The highest BCUT2D eigenvalue weighted by Gasteiger charge is 2.46. The highest BCUT2D eigenvalue weighted by atomic mass is 15.2. The molecular weight excluding hydrogens is 1760 g/mol. The molecule has 7 aliphatic carbocycles. The first-order valence-electron chi connectivity index (χ1n) is 54.6. The molecule has 0 N–H and O–H groups in total. The van der Waals surface area contributed by atoms with E-state index in [0.717, 1.165) is 0 Å². The van der Waals surface area contributed by atoms with Gasteiger partial charge in [-0.25, -0.2) is 0 Å². The van der Waals surface area contributed by atoms with Gasteiger partial charge in [0.05, 0.1) is 0 Å². The molecule has 16 aromatic rings. The molecule has 146 heavy (non-hydrogen) atoms. The zero-order valence-corrected chi connectivity index (χ0v) is 91.4. The van der Waals surface area contributed by atoms with Crippen molar-refractivity contribution >= 4 is 45.5 Å². The molecule has 0 spiro atoms. The first kappa shape index (κ1) is 100. The highest BCUT2D eigenvalue weighted by molar-refractivity contribution is 5.92. The van der Waals surface area contributed by atoms with Crippen LogP contribution in [0, 0.1) is 0 Å². The van der Waals surface area contributed by atoms with Crippen LogP contribution >= 0.6 is 0 Å². The number of anilines is 8. The SMILES string of the molecule is CC(C)(C)c1cc2c(cc1N(c1ccc(-c3ccccc3)cc1)C(C)(C)C)-c1ccccc1C2(C)C.CC1(C)c2ccccc2-c2cc(N(c3ccc(-c4ccccc4)cc3)C(C)(C)C)c(C3CC3)cc21.CC1(C)c2ccccc2-c2cc(N(c3ccc(-c4ccccc4)cc3)C(C)(C)C)c(C3CCCC3)cc21.CC1(C)c2ccccc2-c2cc(N(c3ccc(-c4ccccc4)cc3)C(C)(C)C)c(C3CCCCC3)cc21. The lowest BCUT2D eigenvalue weighted by molar-refractivity contribution is 0.441.